The number of rotatable bonds is 5. The van der Waals surface area contributed by atoms with E-state index in [0.29, 0.717) is 12.5 Å². The molecule has 1 heterocycles. The van der Waals surface area contributed by atoms with Crippen LogP contribution in [0, 0.1) is 5.92 Å². The quantitative estimate of drug-likeness (QED) is 0.781. The SMILES string of the molecule is CCN(CC)C(C)(C)C(O)C1CCCOC1. The van der Waals surface area contributed by atoms with Crippen LogP contribution in [0.1, 0.15) is 40.5 Å². The fourth-order valence-corrected chi connectivity index (χ4v) is 2.82. The first kappa shape index (κ1) is 13.9. The lowest BCUT2D eigenvalue weighted by Crippen LogP contribution is -2.56. The van der Waals surface area contributed by atoms with E-state index < -0.39 is 0 Å². The Kier molecular flexibility index (Phi) is 5.22. The molecule has 3 nitrogen and oxygen atoms in total. The second-order valence-electron chi connectivity index (χ2n) is 5.25. The zero-order valence-corrected chi connectivity index (χ0v) is 11.2. The molecule has 0 radical (unpaired) electrons. The number of likely N-dealkylation sites (N-methyl/N-ethyl adjacent to an activating group) is 1. The molecule has 2 atom stereocenters. The molecule has 0 bridgehead atoms. The van der Waals surface area contributed by atoms with E-state index in [1.165, 1.54) is 0 Å². The van der Waals surface area contributed by atoms with E-state index >= 15 is 0 Å². The molecule has 1 saturated heterocycles. The van der Waals surface area contributed by atoms with Gasteiger partial charge in [0.2, 0.25) is 0 Å². The van der Waals surface area contributed by atoms with E-state index in [0.717, 1.165) is 32.5 Å². The third kappa shape index (κ3) is 2.96. The van der Waals surface area contributed by atoms with Gasteiger partial charge in [-0.25, -0.2) is 0 Å². The van der Waals surface area contributed by atoms with Gasteiger partial charge in [0.15, 0.2) is 0 Å². The number of hydrogen-bond acceptors (Lipinski definition) is 3. The number of aliphatic hydroxyl groups is 1. The molecular weight excluding hydrogens is 202 g/mol. The number of ether oxygens (including phenoxy) is 1. The van der Waals surface area contributed by atoms with Crippen molar-refractivity contribution < 1.29 is 9.84 Å². The average molecular weight is 229 g/mol. The Labute approximate surface area is 99.8 Å². The van der Waals surface area contributed by atoms with Gasteiger partial charge < -0.3 is 9.84 Å². The minimum absolute atomic E-state index is 0.158. The molecule has 2 unspecified atom stereocenters. The standard InChI is InChI=1S/C13H27NO2/c1-5-14(6-2)13(3,4)12(15)11-8-7-9-16-10-11/h11-12,15H,5-10H2,1-4H3. The van der Waals surface area contributed by atoms with E-state index in [4.69, 9.17) is 4.74 Å². The zero-order chi connectivity index (χ0) is 12.2. The highest BCUT2D eigenvalue weighted by Crippen LogP contribution is 2.28. The van der Waals surface area contributed by atoms with Crippen molar-refractivity contribution in [3.8, 4) is 0 Å². The first-order valence-corrected chi connectivity index (χ1v) is 6.54. The van der Waals surface area contributed by atoms with Gasteiger partial charge in [0.25, 0.3) is 0 Å². The summed E-state index contributed by atoms with van der Waals surface area (Å²) in [6.07, 6.45) is 1.87. The van der Waals surface area contributed by atoms with Gasteiger partial charge >= 0.3 is 0 Å². The maximum Gasteiger partial charge on any atom is 0.0768 e. The third-order valence-electron chi connectivity index (χ3n) is 3.94. The Morgan fingerprint density at radius 1 is 1.38 bits per heavy atom. The lowest BCUT2D eigenvalue weighted by molar-refractivity contribution is -0.0785. The highest BCUT2D eigenvalue weighted by molar-refractivity contribution is 4.92. The van der Waals surface area contributed by atoms with Crippen LogP contribution in [0.5, 0.6) is 0 Å². The molecule has 96 valence electrons. The van der Waals surface area contributed by atoms with Gasteiger partial charge in [-0.2, -0.15) is 0 Å². The van der Waals surface area contributed by atoms with Crippen LogP contribution in [0.4, 0.5) is 0 Å². The summed E-state index contributed by atoms with van der Waals surface area (Å²) in [5, 5.41) is 10.5. The van der Waals surface area contributed by atoms with Gasteiger partial charge in [-0.1, -0.05) is 13.8 Å². The highest BCUT2D eigenvalue weighted by Gasteiger charge is 2.38. The summed E-state index contributed by atoms with van der Waals surface area (Å²) >= 11 is 0. The number of hydrogen-bond donors (Lipinski definition) is 1. The van der Waals surface area contributed by atoms with Crippen LogP contribution in [0.15, 0.2) is 0 Å². The maximum atomic E-state index is 10.5. The van der Waals surface area contributed by atoms with Gasteiger partial charge in [0.05, 0.1) is 12.7 Å². The van der Waals surface area contributed by atoms with Crippen molar-refractivity contribution in [3.05, 3.63) is 0 Å². The van der Waals surface area contributed by atoms with Crippen LogP contribution in [0.25, 0.3) is 0 Å². The zero-order valence-electron chi connectivity index (χ0n) is 11.2. The molecule has 1 aliphatic rings. The molecule has 0 saturated carbocycles. The minimum atomic E-state index is -0.298. The molecule has 1 N–H and O–H groups in total. The first-order chi connectivity index (χ1) is 7.54. The van der Waals surface area contributed by atoms with E-state index in [1.54, 1.807) is 0 Å². The summed E-state index contributed by atoms with van der Waals surface area (Å²) in [4.78, 5) is 2.33. The Morgan fingerprint density at radius 2 is 2.00 bits per heavy atom. The van der Waals surface area contributed by atoms with Gasteiger partial charge in [-0.05, 0) is 39.8 Å². The first-order valence-electron chi connectivity index (χ1n) is 6.54. The molecule has 3 heteroatoms. The summed E-state index contributed by atoms with van der Waals surface area (Å²) in [6.45, 7) is 12.1. The topological polar surface area (TPSA) is 32.7 Å². The van der Waals surface area contributed by atoms with Crippen molar-refractivity contribution in [1.82, 2.24) is 4.90 Å². The molecule has 0 spiro atoms. The van der Waals surface area contributed by atoms with E-state index in [-0.39, 0.29) is 11.6 Å². The molecule has 0 amide bonds. The van der Waals surface area contributed by atoms with Gasteiger partial charge in [0.1, 0.15) is 0 Å². The second-order valence-corrected chi connectivity index (χ2v) is 5.25. The fraction of sp³-hybridized carbons (Fsp3) is 1.00. The maximum absolute atomic E-state index is 10.5. The van der Waals surface area contributed by atoms with Crippen LogP contribution in [-0.2, 0) is 4.74 Å². The molecule has 1 fully saturated rings. The Bertz CT molecular complexity index is 196. The molecule has 0 aromatic carbocycles. The normalized spacial score (nSPS) is 24.8. The predicted molar refractivity (Wildman–Crippen MR) is 66.5 cm³/mol. The minimum Gasteiger partial charge on any atom is -0.391 e. The largest absolute Gasteiger partial charge is 0.391 e. The fourth-order valence-electron chi connectivity index (χ4n) is 2.82. The van der Waals surface area contributed by atoms with Crippen molar-refractivity contribution in [2.24, 2.45) is 5.92 Å². The van der Waals surface area contributed by atoms with E-state index in [9.17, 15) is 5.11 Å². The molecule has 0 aliphatic carbocycles. The molecule has 1 rings (SSSR count). The van der Waals surface area contributed by atoms with Crippen molar-refractivity contribution in [3.63, 3.8) is 0 Å². The summed E-state index contributed by atoms with van der Waals surface area (Å²) in [5.74, 6) is 0.296. The lowest BCUT2D eigenvalue weighted by Gasteiger charge is -2.44. The lowest BCUT2D eigenvalue weighted by atomic mass is 9.82. The molecular formula is C13H27NO2. The summed E-state index contributed by atoms with van der Waals surface area (Å²) < 4.78 is 5.47. The number of aliphatic hydroxyl groups excluding tert-OH is 1. The predicted octanol–water partition coefficient (Wildman–Crippen LogP) is 1.89. The Morgan fingerprint density at radius 3 is 2.44 bits per heavy atom. The summed E-state index contributed by atoms with van der Waals surface area (Å²) in [7, 11) is 0. The monoisotopic (exact) mass is 229 g/mol. The van der Waals surface area contributed by atoms with Crippen LogP contribution in [0.3, 0.4) is 0 Å². The van der Waals surface area contributed by atoms with E-state index in [2.05, 4.69) is 32.6 Å². The van der Waals surface area contributed by atoms with Crippen LogP contribution in [0.2, 0.25) is 0 Å². The van der Waals surface area contributed by atoms with E-state index in [1.807, 2.05) is 0 Å². The van der Waals surface area contributed by atoms with Crippen molar-refractivity contribution >= 4 is 0 Å². The molecule has 1 aliphatic heterocycles. The number of nitrogens with zero attached hydrogens (tertiary/aromatic N) is 1. The molecule has 16 heavy (non-hydrogen) atoms. The van der Waals surface area contributed by atoms with Gasteiger partial charge in [0, 0.05) is 18.1 Å². The van der Waals surface area contributed by atoms with Gasteiger partial charge in [-0.15, -0.1) is 0 Å². The average Bonchev–Trinajstić information content (AvgIpc) is 2.30. The second kappa shape index (κ2) is 5.99. The van der Waals surface area contributed by atoms with Crippen molar-refractivity contribution in [2.45, 2.75) is 52.2 Å². The molecule has 0 aromatic rings. The van der Waals surface area contributed by atoms with Crippen LogP contribution < -0.4 is 0 Å². The third-order valence-corrected chi connectivity index (χ3v) is 3.94. The molecule has 0 aromatic heterocycles. The smallest absolute Gasteiger partial charge is 0.0768 e. The van der Waals surface area contributed by atoms with Crippen LogP contribution in [-0.4, -0.2) is 48.0 Å². The van der Waals surface area contributed by atoms with Crippen LogP contribution >= 0.6 is 0 Å². The Hall–Kier alpha value is -0.120. The van der Waals surface area contributed by atoms with Crippen molar-refractivity contribution in [1.29, 1.82) is 0 Å². The highest BCUT2D eigenvalue weighted by atomic mass is 16.5. The van der Waals surface area contributed by atoms with Crippen molar-refractivity contribution in [2.75, 3.05) is 26.3 Å². The Balaban J connectivity index is 2.64. The van der Waals surface area contributed by atoms with Gasteiger partial charge in [-0.3, -0.25) is 4.90 Å². The summed E-state index contributed by atoms with van der Waals surface area (Å²) in [5.41, 5.74) is -0.158. The summed E-state index contributed by atoms with van der Waals surface area (Å²) in [6, 6.07) is 0.